The van der Waals surface area contributed by atoms with Crippen LogP contribution >= 0.6 is 0 Å². The van der Waals surface area contributed by atoms with Crippen LogP contribution in [0.1, 0.15) is 7.06 Å². The van der Waals surface area contributed by atoms with Gasteiger partial charge in [0.2, 0.25) is 0 Å². The molecule has 8 heavy (non-hydrogen) atoms. The summed E-state index contributed by atoms with van der Waals surface area (Å²) >= 11 is 0. The first-order valence-corrected chi connectivity index (χ1v) is 2.29. The maximum atomic E-state index is 12.2. The summed E-state index contributed by atoms with van der Waals surface area (Å²) in [7, 11) is 0. The summed E-state index contributed by atoms with van der Waals surface area (Å²) in [6, 6.07) is 1.29. The van der Waals surface area contributed by atoms with E-state index in [0.29, 0.717) is 5.69 Å². The molecular formula is C6H6FN. The van der Waals surface area contributed by atoms with Gasteiger partial charge in [-0.25, -0.2) is 4.39 Å². The molecule has 1 nitrogen and oxygen atoms in total. The zero-order valence-corrected chi connectivity index (χ0v) is 4.48. The van der Waals surface area contributed by atoms with Crippen molar-refractivity contribution in [1.82, 2.24) is 4.98 Å². The Balaban J connectivity index is 3.17. The highest BCUT2D eigenvalue weighted by atomic mass is 19.1. The van der Waals surface area contributed by atoms with E-state index in [2.05, 4.69) is 4.98 Å². The molecule has 0 unspecified atom stereocenters. The van der Waals surface area contributed by atoms with Gasteiger partial charge in [-0.15, -0.1) is 0 Å². The standard InChI is InChI=1S/C6H6FN/c1-5-2-3-6(7)4-8-5/h2-4H,1H3/i3D. The molecule has 0 bridgehead atoms. The zero-order chi connectivity index (χ0) is 6.85. The Labute approximate surface area is 48.6 Å². The molecule has 0 radical (unpaired) electrons. The van der Waals surface area contributed by atoms with Gasteiger partial charge in [-0.1, -0.05) is 0 Å². The monoisotopic (exact) mass is 112 g/mol. The lowest BCUT2D eigenvalue weighted by Gasteiger charge is -1.86. The number of hydrogen-bond donors (Lipinski definition) is 0. The van der Waals surface area contributed by atoms with E-state index in [0.717, 1.165) is 6.20 Å². The largest absolute Gasteiger partial charge is 0.259 e. The minimum absolute atomic E-state index is 0.0949. The molecule has 1 aromatic rings. The highest BCUT2D eigenvalue weighted by molar-refractivity contribution is 5.02. The summed E-state index contributed by atoms with van der Waals surface area (Å²) in [6.07, 6.45) is 1.05. The molecule has 0 aliphatic heterocycles. The van der Waals surface area contributed by atoms with Gasteiger partial charge >= 0.3 is 0 Å². The molecule has 1 heterocycles. The Morgan fingerprint density at radius 1 is 1.88 bits per heavy atom. The smallest absolute Gasteiger partial charge is 0.141 e. The number of rotatable bonds is 0. The molecule has 1 aromatic heterocycles. The first-order valence-electron chi connectivity index (χ1n) is 2.79. The van der Waals surface area contributed by atoms with Crippen molar-refractivity contribution in [2.24, 2.45) is 0 Å². The second kappa shape index (κ2) is 1.90. The van der Waals surface area contributed by atoms with Crippen LogP contribution in [0.4, 0.5) is 4.39 Å². The number of nitrogens with zero attached hydrogens (tertiary/aromatic N) is 1. The molecular weight excluding hydrogens is 105 g/mol. The fraction of sp³-hybridized carbons (Fsp3) is 0.167. The first kappa shape index (κ1) is 4.01. The fourth-order valence-electron chi connectivity index (χ4n) is 0.406. The Bertz CT molecular complexity index is 224. The number of aromatic nitrogens is 1. The average molecular weight is 112 g/mol. The highest BCUT2D eigenvalue weighted by Crippen LogP contribution is 1.94. The fourth-order valence-corrected chi connectivity index (χ4v) is 0.406. The van der Waals surface area contributed by atoms with E-state index in [4.69, 9.17) is 1.37 Å². The molecule has 0 N–H and O–H groups in total. The molecule has 42 valence electrons. The quantitative estimate of drug-likeness (QED) is 0.496. The molecule has 0 aliphatic carbocycles. The van der Waals surface area contributed by atoms with E-state index < -0.39 is 5.82 Å². The second-order valence-electron chi connectivity index (χ2n) is 1.54. The first-order chi connectivity index (χ1) is 4.20. The summed E-state index contributed by atoms with van der Waals surface area (Å²) in [5.74, 6) is -0.569. The van der Waals surface area contributed by atoms with E-state index in [1.165, 1.54) is 6.07 Å². The van der Waals surface area contributed by atoms with Crippen LogP contribution < -0.4 is 0 Å². The third kappa shape index (κ3) is 1.03. The highest BCUT2D eigenvalue weighted by Gasteiger charge is 1.84. The summed E-state index contributed by atoms with van der Waals surface area (Å²) in [5.41, 5.74) is 0.668. The van der Waals surface area contributed by atoms with Crippen molar-refractivity contribution in [1.29, 1.82) is 0 Å². The zero-order valence-electron chi connectivity index (χ0n) is 5.48. The van der Waals surface area contributed by atoms with Gasteiger partial charge in [-0.3, -0.25) is 4.98 Å². The van der Waals surface area contributed by atoms with E-state index in [-0.39, 0.29) is 6.04 Å². The lowest BCUT2D eigenvalue weighted by molar-refractivity contribution is 0.620. The summed E-state index contributed by atoms with van der Waals surface area (Å²) in [5, 5.41) is 0. The van der Waals surface area contributed by atoms with Crippen LogP contribution in [0.5, 0.6) is 0 Å². The lowest BCUT2D eigenvalue weighted by atomic mass is 10.4. The average Bonchev–Trinajstić information content (AvgIpc) is 1.80. The topological polar surface area (TPSA) is 12.9 Å². The number of aryl methyl sites for hydroxylation is 1. The van der Waals surface area contributed by atoms with Gasteiger partial charge < -0.3 is 0 Å². The van der Waals surface area contributed by atoms with Gasteiger partial charge in [0.1, 0.15) is 5.82 Å². The Morgan fingerprint density at radius 2 is 2.62 bits per heavy atom. The normalized spacial score (nSPS) is 11.0. The van der Waals surface area contributed by atoms with E-state index in [1.54, 1.807) is 6.92 Å². The van der Waals surface area contributed by atoms with Crippen LogP contribution in [0.15, 0.2) is 18.3 Å². The van der Waals surface area contributed by atoms with Gasteiger partial charge in [-0.2, -0.15) is 0 Å². The molecule has 0 saturated heterocycles. The maximum Gasteiger partial charge on any atom is 0.141 e. The van der Waals surface area contributed by atoms with Crippen LogP contribution in [0.3, 0.4) is 0 Å². The van der Waals surface area contributed by atoms with Crippen molar-refractivity contribution >= 4 is 0 Å². The van der Waals surface area contributed by atoms with Crippen molar-refractivity contribution in [3.63, 3.8) is 0 Å². The Kier molecular flexibility index (Phi) is 0.954. The van der Waals surface area contributed by atoms with Crippen molar-refractivity contribution in [3.05, 3.63) is 29.8 Å². The molecule has 0 aromatic carbocycles. The van der Waals surface area contributed by atoms with E-state index >= 15 is 0 Å². The minimum Gasteiger partial charge on any atom is -0.259 e. The van der Waals surface area contributed by atoms with Crippen LogP contribution in [-0.4, -0.2) is 4.98 Å². The third-order valence-corrected chi connectivity index (χ3v) is 0.800. The van der Waals surface area contributed by atoms with Gasteiger partial charge in [0.25, 0.3) is 0 Å². The molecule has 2 heteroatoms. The van der Waals surface area contributed by atoms with Crippen molar-refractivity contribution < 1.29 is 5.76 Å². The van der Waals surface area contributed by atoms with Gasteiger partial charge in [0, 0.05) is 5.69 Å². The van der Waals surface area contributed by atoms with Crippen molar-refractivity contribution in [2.75, 3.05) is 0 Å². The molecule has 1 rings (SSSR count). The molecule has 0 aliphatic rings. The van der Waals surface area contributed by atoms with E-state index in [1.807, 2.05) is 0 Å². The Morgan fingerprint density at radius 3 is 3.12 bits per heavy atom. The van der Waals surface area contributed by atoms with Gasteiger partial charge in [0.05, 0.1) is 7.57 Å². The van der Waals surface area contributed by atoms with Crippen LogP contribution in [0.2, 0.25) is 0 Å². The van der Waals surface area contributed by atoms with Gasteiger partial charge in [0.15, 0.2) is 0 Å². The van der Waals surface area contributed by atoms with Crippen molar-refractivity contribution in [2.45, 2.75) is 6.92 Å². The van der Waals surface area contributed by atoms with E-state index in [9.17, 15) is 4.39 Å². The SMILES string of the molecule is [2H]c1cc(C)ncc1F. The summed E-state index contributed by atoms with van der Waals surface area (Å²) in [4.78, 5) is 3.64. The second-order valence-corrected chi connectivity index (χ2v) is 1.54. The van der Waals surface area contributed by atoms with Crippen LogP contribution in [0.25, 0.3) is 0 Å². The maximum absolute atomic E-state index is 12.2. The van der Waals surface area contributed by atoms with Crippen LogP contribution in [-0.2, 0) is 0 Å². The minimum atomic E-state index is -0.569. The molecule has 0 fully saturated rings. The number of halogens is 1. The number of pyridine rings is 1. The molecule has 0 saturated carbocycles. The predicted molar refractivity (Wildman–Crippen MR) is 28.9 cm³/mol. The summed E-state index contributed by atoms with van der Waals surface area (Å²) in [6.45, 7) is 1.72. The number of hydrogen-bond acceptors (Lipinski definition) is 1. The molecule has 0 amide bonds. The van der Waals surface area contributed by atoms with Crippen LogP contribution in [0, 0.1) is 12.7 Å². The lowest BCUT2D eigenvalue weighted by Crippen LogP contribution is -1.79. The predicted octanol–water partition coefficient (Wildman–Crippen LogP) is 1.53. The Hall–Kier alpha value is -0.920. The summed E-state index contributed by atoms with van der Waals surface area (Å²) < 4.78 is 19.2. The van der Waals surface area contributed by atoms with Crippen molar-refractivity contribution in [3.8, 4) is 0 Å². The third-order valence-electron chi connectivity index (χ3n) is 0.800. The molecule has 0 atom stereocenters. The van der Waals surface area contributed by atoms with Gasteiger partial charge in [-0.05, 0) is 19.0 Å². The molecule has 0 spiro atoms.